The quantitative estimate of drug-likeness (QED) is 0.638. The van der Waals surface area contributed by atoms with Crippen molar-refractivity contribution in [3.63, 3.8) is 0 Å². The number of benzene rings is 2. The fourth-order valence-corrected chi connectivity index (χ4v) is 4.08. The molecule has 6 heteroatoms. The predicted molar refractivity (Wildman–Crippen MR) is 117 cm³/mol. The van der Waals surface area contributed by atoms with E-state index < -0.39 is 0 Å². The number of aryl methyl sites for hydroxylation is 1. The topological polar surface area (TPSA) is 47.6 Å². The minimum Gasteiger partial charge on any atom is -0.493 e. The first-order valence-corrected chi connectivity index (χ1v) is 10.7. The van der Waals surface area contributed by atoms with E-state index in [4.69, 9.17) is 9.47 Å². The van der Waals surface area contributed by atoms with Crippen LogP contribution in [0.1, 0.15) is 16.7 Å². The van der Waals surface area contributed by atoms with Crippen LogP contribution >= 0.6 is 0 Å². The third kappa shape index (κ3) is 5.74. The van der Waals surface area contributed by atoms with Gasteiger partial charge in [0, 0.05) is 19.2 Å². The molecule has 2 aromatic carbocycles. The molecule has 2 N–H and O–H groups in total. The molecule has 1 amide bonds. The van der Waals surface area contributed by atoms with Crippen LogP contribution in [0.15, 0.2) is 42.5 Å². The Hall–Kier alpha value is -2.57. The predicted octanol–water partition coefficient (Wildman–Crippen LogP) is -0.0458. The van der Waals surface area contributed by atoms with Gasteiger partial charge in [0.1, 0.15) is 32.7 Å². The van der Waals surface area contributed by atoms with Crippen molar-refractivity contribution >= 4 is 5.91 Å². The zero-order valence-electron chi connectivity index (χ0n) is 18.7. The van der Waals surface area contributed by atoms with Crippen LogP contribution in [-0.2, 0) is 17.9 Å². The van der Waals surface area contributed by atoms with Gasteiger partial charge in [-0.15, -0.1) is 0 Å². The van der Waals surface area contributed by atoms with E-state index in [1.165, 1.54) is 10.5 Å². The van der Waals surface area contributed by atoms with Gasteiger partial charge in [0.2, 0.25) is 0 Å². The standard InChI is InChI=1S/C24H33N3O3/c1-19-14-22(29-3)23(30-4)15-21(19)17-25(2)24(28)18-27-12-10-26(11-13-27)16-20-8-6-5-7-9-20/h5-9,14-15H,10-13,16-18H2,1-4H3/p+2. The third-order valence-corrected chi connectivity index (χ3v) is 6.04. The van der Waals surface area contributed by atoms with Crippen LogP contribution in [0, 0.1) is 6.92 Å². The second-order valence-corrected chi connectivity index (χ2v) is 8.22. The lowest BCUT2D eigenvalue weighted by atomic mass is 10.1. The van der Waals surface area contributed by atoms with Crippen molar-refractivity contribution in [1.82, 2.24) is 4.90 Å². The molecule has 1 heterocycles. The van der Waals surface area contributed by atoms with Crippen molar-refractivity contribution in [2.75, 3.05) is 54.0 Å². The van der Waals surface area contributed by atoms with E-state index in [-0.39, 0.29) is 5.91 Å². The zero-order chi connectivity index (χ0) is 21.5. The number of rotatable bonds is 8. The van der Waals surface area contributed by atoms with Crippen LogP contribution in [0.4, 0.5) is 0 Å². The van der Waals surface area contributed by atoms with Crippen LogP contribution in [0.2, 0.25) is 0 Å². The lowest BCUT2D eigenvalue weighted by Gasteiger charge is -2.30. The minimum atomic E-state index is 0.186. The summed E-state index contributed by atoms with van der Waals surface area (Å²) < 4.78 is 10.8. The summed E-state index contributed by atoms with van der Waals surface area (Å²) in [7, 11) is 5.15. The zero-order valence-corrected chi connectivity index (χ0v) is 18.7. The number of hydrogen-bond donors (Lipinski definition) is 2. The lowest BCUT2D eigenvalue weighted by Crippen LogP contribution is -3.28. The van der Waals surface area contributed by atoms with E-state index in [0.717, 1.165) is 43.9 Å². The first-order chi connectivity index (χ1) is 14.5. The third-order valence-electron chi connectivity index (χ3n) is 6.04. The second-order valence-electron chi connectivity index (χ2n) is 8.22. The van der Waals surface area contributed by atoms with Crippen molar-refractivity contribution in [1.29, 1.82) is 0 Å². The van der Waals surface area contributed by atoms with Gasteiger partial charge < -0.3 is 24.2 Å². The highest BCUT2D eigenvalue weighted by atomic mass is 16.5. The van der Waals surface area contributed by atoms with E-state index in [9.17, 15) is 4.79 Å². The molecule has 0 bridgehead atoms. The number of carbonyl (C=O) groups excluding carboxylic acids is 1. The van der Waals surface area contributed by atoms with Gasteiger partial charge >= 0.3 is 0 Å². The van der Waals surface area contributed by atoms with E-state index in [0.29, 0.717) is 24.6 Å². The molecular formula is C24H35N3O3+2. The Balaban J connectivity index is 1.49. The molecule has 0 unspecified atom stereocenters. The highest BCUT2D eigenvalue weighted by Gasteiger charge is 2.26. The number of carbonyl (C=O) groups is 1. The van der Waals surface area contributed by atoms with Gasteiger partial charge in [-0.3, -0.25) is 4.79 Å². The van der Waals surface area contributed by atoms with Gasteiger partial charge in [0.05, 0.1) is 14.2 Å². The van der Waals surface area contributed by atoms with Crippen LogP contribution in [0.25, 0.3) is 0 Å². The lowest BCUT2D eigenvalue weighted by molar-refractivity contribution is -1.02. The maximum Gasteiger partial charge on any atom is 0.277 e. The first-order valence-electron chi connectivity index (χ1n) is 10.7. The van der Waals surface area contributed by atoms with Crippen molar-refractivity contribution in [2.24, 2.45) is 0 Å². The van der Waals surface area contributed by atoms with E-state index in [1.807, 2.05) is 31.0 Å². The molecule has 1 aliphatic rings. The van der Waals surface area contributed by atoms with Crippen molar-refractivity contribution in [2.45, 2.75) is 20.0 Å². The monoisotopic (exact) mass is 413 g/mol. The molecule has 162 valence electrons. The summed E-state index contributed by atoms with van der Waals surface area (Å²) in [5.41, 5.74) is 3.56. The molecule has 0 atom stereocenters. The Morgan fingerprint density at radius 1 is 0.967 bits per heavy atom. The van der Waals surface area contributed by atoms with E-state index in [2.05, 4.69) is 30.3 Å². The smallest absolute Gasteiger partial charge is 0.277 e. The SMILES string of the molecule is COc1cc(C)c(CN(C)C(=O)C[NH+]2CC[NH+](Cc3ccccc3)CC2)cc1OC. The van der Waals surface area contributed by atoms with E-state index >= 15 is 0 Å². The van der Waals surface area contributed by atoms with Gasteiger partial charge in [-0.25, -0.2) is 0 Å². The Morgan fingerprint density at radius 3 is 2.20 bits per heavy atom. The number of amides is 1. The first kappa shape index (κ1) is 22.1. The number of piperazine rings is 1. The molecule has 0 radical (unpaired) electrons. The van der Waals surface area contributed by atoms with Gasteiger partial charge in [0.25, 0.3) is 5.91 Å². The molecule has 0 aromatic heterocycles. The average molecular weight is 414 g/mol. The summed E-state index contributed by atoms with van der Waals surface area (Å²) in [5.74, 6) is 1.60. The van der Waals surface area contributed by atoms with Crippen LogP contribution < -0.4 is 19.3 Å². The molecule has 30 heavy (non-hydrogen) atoms. The maximum atomic E-state index is 12.8. The Kier molecular flexibility index (Phi) is 7.71. The summed E-state index contributed by atoms with van der Waals surface area (Å²) in [4.78, 5) is 17.6. The van der Waals surface area contributed by atoms with Crippen molar-refractivity contribution in [3.8, 4) is 11.5 Å². The van der Waals surface area contributed by atoms with Crippen LogP contribution in [0.5, 0.6) is 11.5 Å². The maximum absolute atomic E-state index is 12.8. The number of nitrogens with one attached hydrogen (secondary N) is 2. The largest absolute Gasteiger partial charge is 0.493 e. The van der Waals surface area contributed by atoms with E-state index in [1.54, 1.807) is 19.1 Å². The molecule has 0 spiro atoms. The number of ether oxygens (including phenoxy) is 2. The fraction of sp³-hybridized carbons (Fsp3) is 0.458. The molecule has 0 aliphatic carbocycles. The number of hydrogen-bond acceptors (Lipinski definition) is 3. The summed E-state index contributed by atoms with van der Waals surface area (Å²) in [6.07, 6.45) is 0. The normalized spacial score (nSPS) is 18.7. The molecular weight excluding hydrogens is 378 g/mol. The molecule has 1 fully saturated rings. The summed E-state index contributed by atoms with van der Waals surface area (Å²) in [6, 6.07) is 14.6. The average Bonchev–Trinajstić information content (AvgIpc) is 2.76. The van der Waals surface area contributed by atoms with Crippen LogP contribution in [0.3, 0.4) is 0 Å². The van der Waals surface area contributed by atoms with Crippen molar-refractivity contribution in [3.05, 3.63) is 59.2 Å². The number of nitrogens with zero attached hydrogens (tertiary/aromatic N) is 1. The number of quaternary nitrogens is 2. The Labute approximate surface area is 180 Å². The number of methoxy groups -OCH3 is 2. The summed E-state index contributed by atoms with van der Waals surface area (Å²) in [5, 5.41) is 0. The fourth-order valence-electron chi connectivity index (χ4n) is 4.08. The molecule has 3 rings (SSSR count). The molecule has 2 aromatic rings. The molecule has 0 saturated carbocycles. The molecule has 1 saturated heterocycles. The molecule has 6 nitrogen and oxygen atoms in total. The molecule has 1 aliphatic heterocycles. The number of likely N-dealkylation sites (N-methyl/N-ethyl adjacent to an activating group) is 1. The van der Waals surface area contributed by atoms with Gasteiger partial charge in [-0.05, 0) is 30.2 Å². The summed E-state index contributed by atoms with van der Waals surface area (Å²) in [6.45, 7) is 8.53. The Morgan fingerprint density at radius 2 is 1.57 bits per heavy atom. The Bertz CT molecular complexity index is 833. The van der Waals surface area contributed by atoms with Crippen LogP contribution in [-0.4, -0.2) is 64.8 Å². The van der Waals surface area contributed by atoms with Gasteiger partial charge in [-0.2, -0.15) is 0 Å². The van der Waals surface area contributed by atoms with Gasteiger partial charge in [-0.1, -0.05) is 30.3 Å². The van der Waals surface area contributed by atoms with Gasteiger partial charge in [0.15, 0.2) is 18.0 Å². The highest BCUT2D eigenvalue weighted by molar-refractivity contribution is 5.76. The minimum absolute atomic E-state index is 0.186. The second kappa shape index (κ2) is 10.5. The summed E-state index contributed by atoms with van der Waals surface area (Å²) >= 11 is 0. The van der Waals surface area contributed by atoms with Crippen molar-refractivity contribution < 1.29 is 24.1 Å². The highest BCUT2D eigenvalue weighted by Crippen LogP contribution is 2.30.